The van der Waals surface area contributed by atoms with E-state index in [9.17, 15) is 18.0 Å². The van der Waals surface area contributed by atoms with Crippen LogP contribution in [0.1, 0.15) is 57.2 Å². The average Bonchev–Trinajstić information content (AvgIpc) is 3.20. The van der Waals surface area contributed by atoms with Gasteiger partial charge in [-0.15, -0.1) is 11.3 Å². The van der Waals surface area contributed by atoms with Crippen molar-refractivity contribution >= 4 is 33.2 Å². The highest BCUT2D eigenvalue weighted by Gasteiger charge is 2.29. The predicted octanol–water partition coefficient (Wildman–Crippen LogP) is 2.95. The summed E-state index contributed by atoms with van der Waals surface area (Å²) < 4.78 is 32.3. The van der Waals surface area contributed by atoms with Gasteiger partial charge in [0.25, 0.3) is 15.9 Å². The Bertz CT molecular complexity index is 845. The average molecular weight is 457 g/mol. The fourth-order valence-corrected chi connectivity index (χ4v) is 7.21. The predicted molar refractivity (Wildman–Crippen MR) is 116 cm³/mol. The van der Waals surface area contributed by atoms with Crippen molar-refractivity contribution in [2.24, 2.45) is 11.8 Å². The van der Waals surface area contributed by atoms with Crippen LogP contribution in [-0.4, -0.2) is 50.3 Å². The molecule has 1 N–H and O–H groups in total. The molecule has 0 bridgehead atoms. The van der Waals surface area contributed by atoms with Crippen LogP contribution in [0.2, 0.25) is 0 Å². The van der Waals surface area contributed by atoms with Crippen LogP contribution in [0, 0.1) is 11.8 Å². The van der Waals surface area contributed by atoms with E-state index < -0.39 is 16.0 Å². The number of hydrogen-bond donors (Lipinski definition) is 1. The molecule has 2 heterocycles. The number of amides is 1. The number of carbonyl (C=O) groups excluding carboxylic acids is 2. The van der Waals surface area contributed by atoms with Crippen LogP contribution in [0.3, 0.4) is 0 Å². The summed E-state index contributed by atoms with van der Waals surface area (Å²) in [5.74, 6) is 0.165. The van der Waals surface area contributed by atoms with Crippen LogP contribution < -0.4 is 5.32 Å². The van der Waals surface area contributed by atoms with Crippen molar-refractivity contribution in [2.45, 2.75) is 69.0 Å². The first-order valence-electron chi connectivity index (χ1n) is 10.8. The lowest BCUT2D eigenvalue weighted by molar-refractivity contribution is -0.148. The van der Waals surface area contributed by atoms with Crippen molar-refractivity contribution in [1.29, 1.82) is 0 Å². The number of hydrogen-bond acceptors (Lipinski definition) is 6. The summed E-state index contributed by atoms with van der Waals surface area (Å²) in [5, 5.41) is 2.98. The molecule has 30 heavy (non-hydrogen) atoms. The number of nitrogens with zero attached hydrogens (tertiary/aromatic N) is 1. The number of sulfonamides is 1. The quantitative estimate of drug-likeness (QED) is 0.637. The molecule has 3 atom stereocenters. The summed E-state index contributed by atoms with van der Waals surface area (Å²) in [6, 6.07) is 3.32. The van der Waals surface area contributed by atoms with E-state index in [2.05, 4.69) is 19.2 Å². The lowest BCUT2D eigenvalue weighted by atomic mass is 9.78. The highest BCUT2D eigenvalue weighted by molar-refractivity contribution is 7.91. The third-order valence-corrected chi connectivity index (χ3v) is 9.73. The topological polar surface area (TPSA) is 92.8 Å². The first kappa shape index (κ1) is 23.2. The van der Waals surface area contributed by atoms with Gasteiger partial charge in [0.15, 0.2) is 6.61 Å². The van der Waals surface area contributed by atoms with Crippen LogP contribution in [0.15, 0.2) is 16.3 Å². The lowest BCUT2D eigenvalue weighted by Crippen LogP contribution is -2.45. The molecule has 7 nitrogen and oxygen atoms in total. The minimum absolute atomic E-state index is 0.0374. The fraction of sp³-hybridized carbons (Fsp3) is 0.714. The summed E-state index contributed by atoms with van der Waals surface area (Å²) in [7, 11) is -3.49. The molecular formula is C21H32N2O5S2. The first-order chi connectivity index (χ1) is 14.3. The molecule has 1 saturated carbocycles. The van der Waals surface area contributed by atoms with Gasteiger partial charge in [0, 0.05) is 24.0 Å². The van der Waals surface area contributed by atoms with Crippen LogP contribution in [0.25, 0.3) is 0 Å². The maximum absolute atomic E-state index is 12.7. The number of ether oxygens (including phenoxy) is 1. The van der Waals surface area contributed by atoms with E-state index in [0.29, 0.717) is 29.8 Å². The standard InChI is InChI=1S/C21H32N2O5S2/c1-15-7-6-8-18(16(15)2)22-19(24)14-28-20(25)13-17-9-10-21(29-17)30(26,27)23-11-4-3-5-12-23/h9-10,15-16,18H,3-8,11-14H2,1-2H3,(H,22,24). The van der Waals surface area contributed by atoms with Crippen molar-refractivity contribution in [1.82, 2.24) is 9.62 Å². The second kappa shape index (κ2) is 10.2. The van der Waals surface area contributed by atoms with E-state index in [-0.39, 0.29) is 29.2 Å². The molecule has 0 spiro atoms. The van der Waals surface area contributed by atoms with Gasteiger partial charge in [0.2, 0.25) is 0 Å². The molecule has 1 saturated heterocycles. The molecule has 1 aliphatic heterocycles. The van der Waals surface area contributed by atoms with Crippen molar-refractivity contribution in [3.8, 4) is 0 Å². The summed E-state index contributed by atoms with van der Waals surface area (Å²) in [4.78, 5) is 24.9. The van der Waals surface area contributed by atoms with E-state index >= 15 is 0 Å². The number of carbonyl (C=O) groups is 2. The zero-order valence-corrected chi connectivity index (χ0v) is 19.4. The molecule has 0 radical (unpaired) electrons. The second-order valence-electron chi connectivity index (χ2n) is 8.46. The van der Waals surface area contributed by atoms with Crippen LogP contribution in [-0.2, 0) is 30.8 Å². The molecule has 0 aromatic carbocycles. The zero-order valence-electron chi connectivity index (χ0n) is 17.8. The van der Waals surface area contributed by atoms with Gasteiger partial charge in [-0.05, 0) is 43.2 Å². The summed E-state index contributed by atoms with van der Waals surface area (Å²) in [6.45, 7) is 5.13. The van der Waals surface area contributed by atoms with Crippen LogP contribution in [0.4, 0.5) is 0 Å². The third kappa shape index (κ3) is 5.82. The van der Waals surface area contributed by atoms with E-state index in [1.54, 1.807) is 12.1 Å². The van der Waals surface area contributed by atoms with Gasteiger partial charge < -0.3 is 10.1 Å². The monoisotopic (exact) mass is 456 g/mol. The van der Waals surface area contributed by atoms with E-state index in [1.807, 2.05) is 0 Å². The van der Waals surface area contributed by atoms with E-state index in [1.165, 1.54) is 10.7 Å². The minimum Gasteiger partial charge on any atom is -0.455 e. The second-order valence-corrected chi connectivity index (χ2v) is 11.8. The number of piperidine rings is 1. The molecular weight excluding hydrogens is 424 g/mol. The number of rotatable bonds is 7. The van der Waals surface area contributed by atoms with Gasteiger partial charge >= 0.3 is 5.97 Å². The Morgan fingerprint density at radius 3 is 2.60 bits per heavy atom. The van der Waals surface area contributed by atoms with Crippen molar-refractivity contribution in [3.05, 3.63) is 17.0 Å². The Morgan fingerprint density at radius 2 is 1.87 bits per heavy atom. The summed E-state index contributed by atoms with van der Waals surface area (Å²) >= 11 is 1.09. The van der Waals surface area contributed by atoms with E-state index in [0.717, 1.165) is 43.4 Å². The lowest BCUT2D eigenvalue weighted by Gasteiger charge is -2.34. The summed E-state index contributed by atoms with van der Waals surface area (Å²) in [5.41, 5.74) is 0. The molecule has 9 heteroatoms. The Balaban J connectivity index is 1.47. The highest BCUT2D eigenvalue weighted by atomic mass is 32.2. The number of esters is 1. The molecule has 1 aromatic rings. The number of thiophene rings is 1. The minimum atomic E-state index is -3.49. The molecule has 1 aromatic heterocycles. The summed E-state index contributed by atoms with van der Waals surface area (Å²) in [6.07, 6.45) is 6.00. The maximum Gasteiger partial charge on any atom is 0.311 e. The van der Waals surface area contributed by atoms with Gasteiger partial charge in [-0.1, -0.05) is 33.1 Å². The smallest absolute Gasteiger partial charge is 0.311 e. The molecule has 1 amide bonds. The van der Waals surface area contributed by atoms with Gasteiger partial charge in [-0.2, -0.15) is 4.31 Å². The fourth-order valence-electron chi connectivity index (χ4n) is 4.20. The van der Waals surface area contributed by atoms with Gasteiger partial charge in [-0.25, -0.2) is 8.42 Å². The van der Waals surface area contributed by atoms with Crippen molar-refractivity contribution < 1.29 is 22.7 Å². The highest BCUT2D eigenvalue weighted by Crippen LogP contribution is 2.29. The molecule has 3 rings (SSSR count). The normalized spacial score (nSPS) is 25.6. The molecule has 2 fully saturated rings. The van der Waals surface area contributed by atoms with Crippen LogP contribution in [0.5, 0.6) is 0 Å². The first-order valence-corrected chi connectivity index (χ1v) is 13.1. The Morgan fingerprint density at radius 1 is 1.13 bits per heavy atom. The van der Waals surface area contributed by atoms with Crippen molar-refractivity contribution in [3.63, 3.8) is 0 Å². The molecule has 2 aliphatic rings. The maximum atomic E-state index is 12.7. The van der Waals surface area contributed by atoms with E-state index in [4.69, 9.17) is 4.74 Å². The molecule has 168 valence electrons. The third-order valence-electron chi connectivity index (χ3n) is 6.28. The van der Waals surface area contributed by atoms with Gasteiger partial charge in [0.1, 0.15) is 4.21 Å². The van der Waals surface area contributed by atoms with Crippen molar-refractivity contribution in [2.75, 3.05) is 19.7 Å². The largest absolute Gasteiger partial charge is 0.455 e. The van der Waals surface area contributed by atoms with Gasteiger partial charge in [-0.3, -0.25) is 9.59 Å². The number of nitrogens with one attached hydrogen (secondary N) is 1. The van der Waals surface area contributed by atoms with Gasteiger partial charge in [0.05, 0.1) is 6.42 Å². The Labute approximate surface area is 183 Å². The molecule has 1 aliphatic carbocycles. The SMILES string of the molecule is CC1CCCC(NC(=O)COC(=O)Cc2ccc(S(=O)(=O)N3CCCCC3)s2)C1C. The zero-order chi connectivity index (χ0) is 21.7. The Kier molecular flexibility index (Phi) is 7.92. The molecule has 3 unspecified atom stereocenters. The van der Waals surface area contributed by atoms with Crippen LogP contribution >= 0.6 is 11.3 Å². The Hall–Kier alpha value is -1.45.